The zero-order valence-electron chi connectivity index (χ0n) is 13.6. The first-order valence-corrected chi connectivity index (χ1v) is 7.77. The Morgan fingerprint density at radius 2 is 1.65 bits per heavy atom. The van der Waals surface area contributed by atoms with E-state index in [0.29, 0.717) is 26.3 Å². The second kappa shape index (κ2) is 10.3. The van der Waals surface area contributed by atoms with Crippen molar-refractivity contribution in [2.24, 2.45) is 11.5 Å². The Morgan fingerprint density at radius 3 is 2.15 bits per heavy atom. The van der Waals surface area contributed by atoms with Crippen molar-refractivity contribution in [2.45, 2.75) is 64.1 Å². The first-order valence-electron chi connectivity index (χ1n) is 7.77. The van der Waals surface area contributed by atoms with Crippen molar-refractivity contribution in [1.29, 1.82) is 0 Å². The summed E-state index contributed by atoms with van der Waals surface area (Å²) in [5.74, 6) is 0. The van der Waals surface area contributed by atoms with Crippen LogP contribution in [0.15, 0.2) is 12.7 Å². The topological polar surface area (TPSA) is 70.5 Å². The van der Waals surface area contributed by atoms with Crippen LogP contribution in [0.4, 0.5) is 0 Å². The molecule has 2 atom stereocenters. The molecule has 0 saturated heterocycles. The molecule has 0 aromatic carbocycles. The summed E-state index contributed by atoms with van der Waals surface area (Å²) in [7, 11) is 0. The van der Waals surface area contributed by atoms with Crippen LogP contribution in [-0.4, -0.2) is 37.5 Å². The van der Waals surface area contributed by atoms with E-state index in [1.165, 1.54) is 0 Å². The molecule has 4 nitrogen and oxygen atoms in total. The molecule has 0 bridgehead atoms. The second-order valence-electron chi connectivity index (χ2n) is 5.80. The van der Waals surface area contributed by atoms with Gasteiger partial charge in [0.1, 0.15) is 0 Å². The summed E-state index contributed by atoms with van der Waals surface area (Å²) in [6, 6.07) is 0. The van der Waals surface area contributed by atoms with Crippen molar-refractivity contribution < 1.29 is 9.47 Å². The quantitative estimate of drug-likeness (QED) is 0.403. The molecular weight excluding hydrogens is 252 g/mol. The lowest BCUT2D eigenvalue weighted by atomic mass is 9.96. The minimum Gasteiger partial charge on any atom is -0.375 e. The maximum atomic E-state index is 6.08. The Kier molecular flexibility index (Phi) is 10.1. The third-order valence-electron chi connectivity index (χ3n) is 3.92. The van der Waals surface area contributed by atoms with E-state index in [0.717, 1.165) is 32.1 Å². The lowest BCUT2D eigenvalue weighted by molar-refractivity contribution is -0.0736. The standard InChI is InChI=1S/C16H34N2O2/c1-5-15(3,9-7-11-17)20-14-10-16(4,6-2)19-13-8-12-18/h6H,2,5,7-14,17-18H2,1,3-4H3. The maximum Gasteiger partial charge on any atom is 0.0853 e. The van der Waals surface area contributed by atoms with Gasteiger partial charge >= 0.3 is 0 Å². The smallest absolute Gasteiger partial charge is 0.0853 e. The van der Waals surface area contributed by atoms with E-state index in [2.05, 4.69) is 20.4 Å². The maximum absolute atomic E-state index is 6.08. The Balaban J connectivity index is 4.17. The van der Waals surface area contributed by atoms with Crippen LogP contribution in [0.1, 0.15) is 52.9 Å². The van der Waals surface area contributed by atoms with Crippen molar-refractivity contribution in [2.75, 3.05) is 26.3 Å². The normalized spacial score (nSPS) is 17.4. The van der Waals surface area contributed by atoms with Gasteiger partial charge in [-0.3, -0.25) is 0 Å². The van der Waals surface area contributed by atoms with Crippen molar-refractivity contribution in [3.8, 4) is 0 Å². The van der Waals surface area contributed by atoms with Gasteiger partial charge in [-0.25, -0.2) is 0 Å². The minimum absolute atomic E-state index is 0.0846. The first kappa shape index (κ1) is 19.6. The van der Waals surface area contributed by atoms with Crippen LogP contribution in [0.3, 0.4) is 0 Å². The highest BCUT2D eigenvalue weighted by atomic mass is 16.5. The summed E-state index contributed by atoms with van der Waals surface area (Å²) >= 11 is 0. The highest BCUT2D eigenvalue weighted by Crippen LogP contribution is 2.24. The summed E-state index contributed by atoms with van der Waals surface area (Å²) < 4.78 is 11.9. The average molecular weight is 286 g/mol. The summed E-state index contributed by atoms with van der Waals surface area (Å²) in [6.07, 6.45) is 6.52. The van der Waals surface area contributed by atoms with Gasteiger partial charge in [-0.1, -0.05) is 13.0 Å². The summed E-state index contributed by atoms with van der Waals surface area (Å²) in [5, 5.41) is 0. The molecule has 0 amide bonds. The van der Waals surface area contributed by atoms with Gasteiger partial charge in [0.25, 0.3) is 0 Å². The lowest BCUT2D eigenvalue weighted by Crippen LogP contribution is -2.33. The number of rotatable bonds is 13. The predicted molar refractivity (Wildman–Crippen MR) is 85.8 cm³/mol. The molecule has 0 aliphatic heterocycles. The molecule has 0 spiro atoms. The van der Waals surface area contributed by atoms with Crippen LogP contribution >= 0.6 is 0 Å². The van der Waals surface area contributed by atoms with E-state index in [-0.39, 0.29) is 11.2 Å². The van der Waals surface area contributed by atoms with E-state index in [9.17, 15) is 0 Å². The third-order valence-corrected chi connectivity index (χ3v) is 3.92. The Bertz CT molecular complexity index is 261. The van der Waals surface area contributed by atoms with Crippen LogP contribution < -0.4 is 11.5 Å². The molecule has 0 saturated carbocycles. The molecule has 0 fully saturated rings. The summed E-state index contributed by atoms with van der Waals surface area (Å²) in [6.45, 7) is 12.9. The van der Waals surface area contributed by atoms with E-state index < -0.39 is 0 Å². The molecule has 0 radical (unpaired) electrons. The van der Waals surface area contributed by atoms with Gasteiger partial charge in [0.05, 0.1) is 17.8 Å². The molecule has 0 rings (SSSR count). The van der Waals surface area contributed by atoms with Gasteiger partial charge in [0.2, 0.25) is 0 Å². The second-order valence-corrected chi connectivity index (χ2v) is 5.80. The van der Waals surface area contributed by atoms with Gasteiger partial charge in [-0.15, -0.1) is 6.58 Å². The van der Waals surface area contributed by atoms with Gasteiger partial charge in [-0.05, 0) is 52.6 Å². The van der Waals surface area contributed by atoms with Crippen molar-refractivity contribution in [3.63, 3.8) is 0 Å². The highest BCUT2D eigenvalue weighted by molar-refractivity contribution is 4.93. The molecule has 2 unspecified atom stereocenters. The van der Waals surface area contributed by atoms with Crippen molar-refractivity contribution >= 4 is 0 Å². The van der Waals surface area contributed by atoms with Gasteiger partial charge < -0.3 is 20.9 Å². The van der Waals surface area contributed by atoms with Crippen LogP contribution in [0.5, 0.6) is 0 Å². The van der Waals surface area contributed by atoms with Crippen molar-refractivity contribution in [1.82, 2.24) is 0 Å². The zero-order chi connectivity index (χ0) is 15.5. The Labute approximate surface area is 124 Å². The zero-order valence-corrected chi connectivity index (χ0v) is 13.6. The number of nitrogens with two attached hydrogens (primary N) is 2. The molecule has 0 aromatic rings. The summed E-state index contributed by atoms with van der Waals surface area (Å²) in [4.78, 5) is 0. The van der Waals surface area contributed by atoms with Gasteiger partial charge in [0.15, 0.2) is 0 Å². The van der Waals surface area contributed by atoms with Crippen LogP contribution in [-0.2, 0) is 9.47 Å². The van der Waals surface area contributed by atoms with E-state index in [4.69, 9.17) is 20.9 Å². The molecule has 0 heterocycles. The number of hydrogen-bond donors (Lipinski definition) is 2. The molecule has 0 aliphatic carbocycles. The molecule has 20 heavy (non-hydrogen) atoms. The Hall–Kier alpha value is -0.420. The van der Waals surface area contributed by atoms with Crippen molar-refractivity contribution in [3.05, 3.63) is 12.7 Å². The molecule has 4 heteroatoms. The molecular formula is C16H34N2O2. The number of hydrogen-bond acceptors (Lipinski definition) is 4. The predicted octanol–water partition coefficient (Wildman–Crippen LogP) is 2.61. The fraction of sp³-hybridized carbons (Fsp3) is 0.875. The minimum atomic E-state index is -0.336. The summed E-state index contributed by atoms with van der Waals surface area (Å²) in [5.41, 5.74) is 10.6. The molecule has 4 N–H and O–H groups in total. The largest absolute Gasteiger partial charge is 0.375 e. The molecule has 120 valence electrons. The Morgan fingerprint density at radius 1 is 1.00 bits per heavy atom. The average Bonchev–Trinajstić information content (AvgIpc) is 2.45. The van der Waals surface area contributed by atoms with E-state index in [1.807, 2.05) is 13.0 Å². The van der Waals surface area contributed by atoms with Crippen LogP contribution in [0.2, 0.25) is 0 Å². The highest BCUT2D eigenvalue weighted by Gasteiger charge is 2.25. The third kappa shape index (κ3) is 8.00. The van der Waals surface area contributed by atoms with Gasteiger partial charge in [-0.2, -0.15) is 0 Å². The SMILES string of the molecule is C=CC(C)(CCOC(C)(CC)CCCN)OCCCN. The van der Waals surface area contributed by atoms with Gasteiger partial charge in [0, 0.05) is 13.0 Å². The van der Waals surface area contributed by atoms with Crippen LogP contribution in [0, 0.1) is 0 Å². The fourth-order valence-electron chi connectivity index (χ4n) is 1.95. The number of ether oxygens (including phenoxy) is 2. The lowest BCUT2D eigenvalue weighted by Gasteiger charge is -2.32. The monoisotopic (exact) mass is 286 g/mol. The molecule has 0 aliphatic rings. The first-order chi connectivity index (χ1) is 9.45. The van der Waals surface area contributed by atoms with E-state index >= 15 is 0 Å². The van der Waals surface area contributed by atoms with E-state index in [1.54, 1.807) is 0 Å². The van der Waals surface area contributed by atoms with Crippen LogP contribution in [0.25, 0.3) is 0 Å². The fourth-order valence-corrected chi connectivity index (χ4v) is 1.95. The molecule has 0 aromatic heterocycles.